The number of esters is 1. The lowest BCUT2D eigenvalue weighted by molar-refractivity contribution is -0.152. The van der Waals surface area contributed by atoms with Crippen molar-refractivity contribution in [3.8, 4) is 0 Å². The fraction of sp³-hybridized carbons (Fsp3) is 0.621. The summed E-state index contributed by atoms with van der Waals surface area (Å²) in [4.78, 5) is 60.1. The van der Waals surface area contributed by atoms with E-state index in [2.05, 4.69) is 10.3 Å². The highest BCUT2D eigenvalue weighted by Gasteiger charge is 2.48. The summed E-state index contributed by atoms with van der Waals surface area (Å²) < 4.78 is 45.4. The predicted octanol–water partition coefficient (Wildman–Crippen LogP) is 1.97. The molecule has 1 amide bonds. The second-order valence-corrected chi connectivity index (χ2v) is 15.2. The first-order valence-electron chi connectivity index (χ1n) is 15.7. The van der Waals surface area contributed by atoms with Crippen LogP contribution in [-0.4, -0.2) is 94.8 Å². The van der Waals surface area contributed by atoms with Crippen LogP contribution in [0.1, 0.15) is 65.7 Å². The maximum atomic E-state index is 13.1. The van der Waals surface area contributed by atoms with Crippen LogP contribution in [0.2, 0.25) is 0 Å². The zero-order valence-corrected chi connectivity index (χ0v) is 28.7. The topological polar surface area (TPSA) is 244 Å². The van der Waals surface area contributed by atoms with Crippen LogP contribution in [0, 0.1) is 11.1 Å². The van der Waals surface area contributed by atoms with Gasteiger partial charge < -0.3 is 34.5 Å². The number of amides is 1. The number of ether oxygens (including phenoxy) is 2. The van der Waals surface area contributed by atoms with Crippen LogP contribution in [-0.2, 0) is 43.2 Å². The number of carboxylic acid groups (broad SMARTS) is 1. The molecule has 1 aromatic carbocycles. The van der Waals surface area contributed by atoms with E-state index in [1.54, 1.807) is 24.8 Å². The second kappa shape index (κ2) is 17.4. The number of carboxylic acids is 1. The Kier molecular flexibility index (Phi) is 14.2. The molecule has 1 saturated carbocycles. The van der Waals surface area contributed by atoms with E-state index in [1.165, 1.54) is 24.3 Å². The quantitative estimate of drug-likeness (QED) is 0.136. The van der Waals surface area contributed by atoms with Crippen molar-refractivity contribution in [2.75, 3.05) is 19.4 Å². The van der Waals surface area contributed by atoms with Gasteiger partial charge in [-0.3, -0.25) is 24.7 Å². The number of aliphatic carboxylic acids is 1. The molecule has 0 unspecified atom stereocenters. The maximum Gasteiger partial charge on any atom is 0.328 e. The molecular weight excluding hydrogens is 675 g/mol. The van der Waals surface area contributed by atoms with Crippen LogP contribution < -0.4 is 10.8 Å². The van der Waals surface area contributed by atoms with Gasteiger partial charge in [-0.15, -0.1) is 0 Å². The summed E-state index contributed by atoms with van der Waals surface area (Å²) in [6.07, 6.45) is 5.23. The number of benzene rings is 1. The number of nitrogens with zero attached hydrogens (tertiary/aromatic N) is 2. The number of sulfone groups is 1. The number of hydroxylamine groups is 3. The lowest BCUT2D eigenvalue weighted by Gasteiger charge is -2.35. The van der Waals surface area contributed by atoms with Gasteiger partial charge in [0.25, 0.3) is 5.88 Å². The lowest BCUT2D eigenvalue weighted by Crippen LogP contribution is -2.55. The van der Waals surface area contributed by atoms with Gasteiger partial charge in [-0.2, -0.15) is 4.94 Å². The van der Waals surface area contributed by atoms with Crippen molar-refractivity contribution in [1.82, 2.24) is 20.9 Å². The van der Waals surface area contributed by atoms with Crippen molar-refractivity contribution in [3.05, 3.63) is 46.5 Å². The molecule has 4 rings (SSSR count). The molecule has 1 aliphatic carbocycles. The first kappa shape index (κ1) is 39.2. The standard InChI is InChI=1S/C19H32N2O5.C10H12N2O8PS/c1-4-8-14(19(25)26-5-2)20-12(3)17(22)21-15-10-7-6-9-13(15)11-16(21)18(23)24;13-12-10(22(17,18)8-4-2-1-3-5-8)9(11-20-12)19-6-7-21(14,15)16/h12-16,20H,4-11H2,1-3H3,(H,23,24);1-5,11H,6-7H2,(H2,14,15,16)/q;-1/t12-,13-,14-,15-,16-;/m0./s1. The van der Waals surface area contributed by atoms with Gasteiger partial charge in [-0.05, 0) is 57.6 Å². The minimum atomic E-state index is -4.31. The molecule has 2 fully saturated rings. The zero-order chi connectivity index (χ0) is 35.6. The average molecular weight is 720 g/mol. The van der Waals surface area contributed by atoms with Crippen LogP contribution in [0.5, 0.6) is 0 Å². The van der Waals surface area contributed by atoms with Gasteiger partial charge in [0.1, 0.15) is 18.7 Å². The van der Waals surface area contributed by atoms with Crippen molar-refractivity contribution in [1.29, 1.82) is 0 Å². The van der Waals surface area contributed by atoms with Crippen molar-refractivity contribution in [3.63, 3.8) is 0 Å². The lowest BCUT2D eigenvalue weighted by atomic mass is 9.84. The first-order valence-corrected chi connectivity index (χ1v) is 19.0. The molecule has 0 aromatic heterocycles. The van der Waals surface area contributed by atoms with Gasteiger partial charge in [-0.25, -0.2) is 18.7 Å². The van der Waals surface area contributed by atoms with E-state index in [-0.39, 0.29) is 34.0 Å². The largest absolute Gasteiger partial charge is 0.731 e. The van der Waals surface area contributed by atoms with Crippen LogP contribution in [0.25, 0.3) is 0 Å². The van der Waals surface area contributed by atoms with E-state index in [9.17, 15) is 37.7 Å². The van der Waals surface area contributed by atoms with E-state index in [0.717, 1.165) is 32.1 Å². The zero-order valence-electron chi connectivity index (χ0n) is 27.0. The Morgan fingerprint density at radius 1 is 1.17 bits per heavy atom. The maximum absolute atomic E-state index is 13.1. The summed E-state index contributed by atoms with van der Waals surface area (Å²) in [5.41, 5.74) is 1.96. The minimum Gasteiger partial charge on any atom is -0.731 e. The third-order valence-corrected chi connectivity index (χ3v) is 10.6. The third kappa shape index (κ3) is 10.1. The molecule has 2 aliphatic heterocycles. The smallest absolute Gasteiger partial charge is 0.328 e. The molecule has 19 heteroatoms. The number of carbonyl (C=O) groups excluding carboxylic acids is 2. The third-order valence-electron chi connectivity index (χ3n) is 8.12. The number of likely N-dealkylation sites (tertiary alicyclic amines) is 1. The molecule has 5 atom stereocenters. The van der Waals surface area contributed by atoms with Gasteiger partial charge in [0, 0.05) is 6.04 Å². The summed E-state index contributed by atoms with van der Waals surface area (Å²) in [5.74, 6) is -1.78. The Hall–Kier alpha value is -3.25. The number of rotatable bonds is 14. The number of nitrogens with one attached hydrogen (secondary N) is 2. The Bertz CT molecular complexity index is 1460. The van der Waals surface area contributed by atoms with Crippen LogP contribution >= 0.6 is 7.60 Å². The summed E-state index contributed by atoms with van der Waals surface area (Å²) in [6.45, 7) is 5.21. The second-order valence-electron chi connectivity index (χ2n) is 11.6. The summed E-state index contributed by atoms with van der Waals surface area (Å²) in [7, 11) is -8.53. The Morgan fingerprint density at radius 2 is 1.83 bits per heavy atom. The SMILES string of the molecule is CCC[C@H](N[C@@H](C)C(=O)N1[C@H](C(=O)O)C[C@@H]2CCCC[C@@H]21)C(=O)OCC.O=P(O)(O)CCOC1=C(S(=O)(=O)c2ccccc2)N([O-])ON1. The van der Waals surface area contributed by atoms with Gasteiger partial charge in [0.05, 0.1) is 23.7 Å². The van der Waals surface area contributed by atoms with Gasteiger partial charge in [0.15, 0.2) is 0 Å². The van der Waals surface area contributed by atoms with Gasteiger partial charge >= 0.3 is 19.5 Å². The molecule has 0 spiro atoms. The Morgan fingerprint density at radius 3 is 2.44 bits per heavy atom. The molecule has 0 bridgehead atoms. The Balaban J connectivity index is 0.000000264. The van der Waals surface area contributed by atoms with E-state index < -0.39 is 65.2 Å². The number of carbonyl (C=O) groups is 3. The molecule has 3 aliphatic rings. The minimum absolute atomic E-state index is 0.00817. The first-order chi connectivity index (χ1) is 22.6. The summed E-state index contributed by atoms with van der Waals surface area (Å²) >= 11 is 0. The highest BCUT2D eigenvalue weighted by atomic mass is 32.2. The van der Waals surface area contributed by atoms with Crippen LogP contribution in [0.15, 0.2) is 46.1 Å². The number of fused-ring (bicyclic) bond motifs is 1. The Labute approximate surface area is 279 Å². The highest BCUT2D eigenvalue weighted by Crippen LogP contribution is 2.40. The van der Waals surface area contributed by atoms with Gasteiger partial charge in [-0.1, -0.05) is 44.4 Å². The van der Waals surface area contributed by atoms with Crippen LogP contribution in [0.4, 0.5) is 0 Å². The van der Waals surface area contributed by atoms with E-state index in [0.29, 0.717) is 19.4 Å². The van der Waals surface area contributed by atoms with Crippen molar-refractivity contribution < 1.29 is 56.7 Å². The van der Waals surface area contributed by atoms with Crippen molar-refractivity contribution in [2.24, 2.45) is 5.92 Å². The van der Waals surface area contributed by atoms with E-state index >= 15 is 0 Å². The normalized spacial score (nSPS) is 22.2. The van der Waals surface area contributed by atoms with Crippen molar-refractivity contribution in [2.45, 2.75) is 94.8 Å². The van der Waals surface area contributed by atoms with Crippen molar-refractivity contribution >= 4 is 35.3 Å². The molecule has 1 saturated heterocycles. The monoisotopic (exact) mass is 719 g/mol. The molecule has 270 valence electrons. The summed E-state index contributed by atoms with van der Waals surface area (Å²) in [5, 5.41) is 23.1. The molecule has 17 nitrogen and oxygen atoms in total. The van der Waals surface area contributed by atoms with Crippen LogP contribution in [0.3, 0.4) is 0 Å². The molecule has 0 radical (unpaired) electrons. The average Bonchev–Trinajstić information content (AvgIpc) is 3.61. The molecular formula is C29H44N4O13PS-. The van der Waals surface area contributed by atoms with Gasteiger partial charge in [0.2, 0.25) is 20.8 Å². The fourth-order valence-electron chi connectivity index (χ4n) is 5.94. The van der Waals surface area contributed by atoms with E-state index in [4.69, 9.17) is 19.3 Å². The fourth-order valence-corrected chi connectivity index (χ4v) is 7.58. The summed E-state index contributed by atoms with van der Waals surface area (Å²) in [6, 6.07) is 5.18. The predicted molar refractivity (Wildman–Crippen MR) is 170 cm³/mol. The molecule has 2 heterocycles. The number of hydrogen-bond acceptors (Lipinski definition) is 13. The molecule has 1 aromatic rings. The molecule has 48 heavy (non-hydrogen) atoms. The molecule has 5 N–H and O–H groups in total. The number of hydrogen-bond donors (Lipinski definition) is 5. The highest BCUT2D eigenvalue weighted by molar-refractivity contribution is 7.95. The van der Waals surface area contributed by atoms with E-state index in [1.807, 2.05) is 12.4 Å².